The van der Waals surface area contributed by atoms with Crippen LogP contribution in [0, 0.1) is 0 Å². The summed E-state index contributed by atoms with van der Waals surface area (Å²) in [6, 6.07) is 6.02. The third-order valence-electron chi connectivity index (χ3n) is 3.33. The van der Waals surface area contributed by atoms with Gasteiger partial charge in [0.1, 0.15) is 0 Å². The Hall–Kier alpha value is -1.88. The van der Waals surface area contributed by atoms with Crippen LogP contribution in [0.15, 0.2) is 18.2 Å². The molecule has 0 bridgehead atoms. The van der Waals surface area contributed by atoms with Gasteiger partial charge in [-0.15, -0.1) is 0 Å². The van der Waals surface area contributed by atoms with Crippen LogP contribution in [0.3, 0.4) is 0 Å². The van der Waals surface area contributed by atoms with Crippen LogP contribution in [0.25, 0.3) is 0 Å². The largest absolute Gasteiger partial charge is 0.481 e. The number of carbonyl (C=O) groups is 2. The van der Waals surface area contributed by atoms with Crippen LogP contribution in [-0.4, -0.2) is 30.6 Å². The maximum atomic E-state index is 11.6. The van der Waals surface area contributed by atoms with Gasteiger partial charge in [-0.2, -0.15) is 0 Å². The first-order valence-corrected chi connectivity index (χ1v) is 6.39. The molecule has 2 rings (SSSR count). The molecule has 1 aromatic rings. The molecule has 0 fully saturated rings. The molecule has 0 aromatic heterocycles. The third kappa shape index (κ3) is 3.32. The van der Waals surface area contributed by atoms with Gasteiger partial charge in [0.05, 0.1) is 6.42 Å². The number of nitrogens with one attached hydrogen (secondary N) is 1. The summed E-state index contributed by atoms with van der Waals surface area (Å²) in [6.07, 6.45) is 1.46. The van der Waals surface area contributed by atoms with E-state index in [1.165, 1.54) is 5.56 Å². The van der Waals surface area contributed by atoms with Gasteiger partial charge in [-0.1, -0.05) is 12.1 Å². The number of amides is 1. The maximum absolute atomic E-state index is 11.6. The Morgan fingerprint density at radius 3 is 2.95 bits per heavy atom. The highest BCUT2D eigenvalue weighted by molar-refractivity contribution is 5.95. The molecule has 1 heterocycles. The lowest BCUT2D eigenvalue weighted by Gasteiger charge is -2.26. The zero-order chi connectivity index (χ0) is 13.8. The van der Waals surface area contributed by atoms with Crippen molar-refractivity contribution >= 4 is 17.6 Å². The number of hydrogen-bond acceptors (Lipinski definition) is 3. The normalized spacial score (nSPS) is 14.4. The summed E-state index contributed by atoms with van der Waals surface area (Å²) >= 11 is 0. The first kappa shape index (κ1) is 13.5. The van der Waals surface area contributed by atoms with Crippen LogP contribution in [0.4, 0.5) is 5.69 Å². The number of rotatable bonds is 5. The lowest BCUT2D eigenvalue weighted by molar-refractivity contribution is -0.136. The molecule has 0 unspecified atom stereocenters. The molecule has 5 heteroatoms. The standard InChI is InChI=1S/C14H18N2O3/c1-16-12-4-2-10(9-15-7-6-14(18)19)8-11(12)3-5-13(16)17/h2,4,8,15H,3,5-7,9H2,1H3,(H,18,19). The number of carbonyl (C=O) groups excluding carboxylic acids is 1. The van der Waals surface area contributed by atoms with E-state index in [-0.39, 0.29) is 12.3 Å². The summed E-state index contributed by atoms with van der Waals surface area (Å²) in [4.78, 5) is 23.7. The molecule has 0 radical (unpaired) electrons. The molecule has 0 saturated carbocycles. The predicted molar refractivity (Wildman–Crippen MR) is 72.1 cm³/mol. The molecule has 0 saturated heterocycles. The first-order valence-electron chi connectivity index (χ1n) is 6.39. The highest BCUT2D eigenvalue weighted by Crippen LogP contribution is 2.27. The molecule has 2 N–H and O–H groups in total. The quantitative estimate of drug-likeness (QED) is 0.781. The Kier molecular flexibility index (Phi) is 4.16. The van der Waals surface area contributed by atoms with Crippen LogP contribution >= 0.6 is 0 Å². The van der Waals surface area contributed by atoms with E-state index in [1.807, 2.05) is 12.1 Å². The summed E-state index contributed by atoms with van der Waals surface area (Å²) < 4.78 is 0. The number of aryl methyl sites for hydroxylation is 1. The van der Waals surface area contributed by atoms with E-state index in [4.69, 9.17) is 5.11 Å². The van der Waals surface area contributed by atoms with Crippen molar-refractivity contribution in [1.82, 2.24) is 5.32 Å². The van der Waals surface area contributed by atoms with E-state index in [0.29, 0.717) is 19.5 Å². The van der Waals surface area contributed by atoms with Crippen molar-refractivity contribution in [3.63, 3.8) is 0 Å². The van der Waals surface area contributed by atoms with Gasteiger partial charge < -0.3 is 15.3 Å². The van der Waals surface area contributed by atoms with Crippen LogP contribution in [0.2, 0.25) is 0 Å². The monoisotopic (exact) mass is 262 g/mol. The van der Waals surface area contributed by atoms with Gasteiger partial charge >= 0.3 is 5.97 Å². The Morgan fingerprint density at radius 1 is 1.42 bits per heavy atom. The predicted octanol–water partition coefficient (Wildman–Crippen LogP) is 1.16. The fraction of sp³-hybridized carbons (Fsp3) is 0.429. The van der Waals surface area contributed by atoms with Crippen molar-refractivity contribution in [1.29, 1.82) is 0 Å². The number of anilines is 1. The number of fused-ring (bicyclic) bond motifs is 1. The number of carboxylic acids is 1. The average Bonchev–Trinajstić information content (AvgIpc) is 2.39. The molecule has 102 valence electrons. The smallest absolute Gasteiger partial charge is 0.304 e. The third-order valence-corrected chi connectivity index (χ3v) is 3.33. The number of benzene rings is 1. The number of nitrogens with zero attached hydrogens (tertiary/aromatic N) is 1. The minimum atomic E-state index is -0.793. The van der Waals surface area contributed by atoms with Gasteiger partial charge in [0.25, 0.3) is 0 Å². The van der Waals surface area contributed by atoms with Crippen molar-refractivity contribution in [2.75, 3.05) is 18.5 Å². The summed E-state index contributed by atoms with van der Waals surface area (Å²) in [5.41, 5.74) is 3.28. The molecule has 0 spiro atoms. The van der Waals surface area contributed by atoms with Crippen LogP contribution in [-0.2, 0) is 22.6 Å². The molecule has 5 nitrogen and oxygen atoms in total. The van der Waals surface area contributed by atoms with Crippen molar-refractivity contribution < 1.29 is 14.7 Å². The fourth-order valence-electron chi connectivity index (χ4n) is 2.25. The molecular formula is C14H18N2O3. The molecule has 1 aliphatic heterocycles. The van der Waals surface area contributed by atoms with Gasteiger partial charge in [0.15, 0.2) is 0 Å². The van der Waals surface area contributed by atoms with E-state index in [1.54, 1.807) is 11.9 Å². The first-order chi connectivity index (χ1) is 9.08. The molecule has 0 atom stereocenters. The Labute approximate surface area is 112 Å². The van der Waals surface area contributed by atoms with Crippen molar-refractivity contribution in [3.8, 4) is 0 Å². The lowest BCUT2D eigenvalue weighted by atomic mass is 9.99. The molecule has 19 heavy (non-hydrogen) atoms. The molecule has 1 aliphatic rings. The van der Waals surface area contributed by atoms with Gasteiger partial charge in [-0.05, 0) is 23.6 Å². The van der Waals surface area contributed by atoms with Gasteiger partial charge in [-0.25, -0.2) is 0 Å². The van der Waals surface area contributed by atoms with Crippen molar-refractivity contribution in [3.05, 3.63) is 29.3 Å². The van der Waals surface area contributed by atoms with Crippen molar-refractivity contribution in [2.45, 2.75) is 25.8 Å². The van der Waals surface area contributed by atoms with E-state index >= 15 is 0 Å². The van der Waals surface area contributed by atoms with Crippen LogP contribution in [0.5, 0.6) is 0 Å². The van der Waals surface area contributed by atoms with Gasteiger partial charge in [0, 0.05) is 32.2 Å². The fourth-order valence-corrected chi connectivity index (χ4v) is 2.25. The summed E-state index contributed by atoms with van der Waals surface area (Å²) in [7, 11) is 1.80. The van der Waals surface area contributed by atoms with Crippen LogP contribution < -0.4 is 10.2 Å². The minimum Gasteiger partial charge on any atom is -0.481 e. The summed E-state index contributed by atoms with van der Waals surface area (Å²) in [6.45, 7) is 1.11. The van der Waals surface area contributed by atoms with E-state index < -0.39 is 5.97 Å². The second kappa shape index (κ2) is 5.84. The second-order valence-electron chi connectivity index (χ2n) is 4.74. The Bertz CT molecular complexity index is 499. The van der Waals surface area contributed by atoms with Gasteiger partial charge in [-0.3, -0.25) is 9.59 Å². The molecular weight excluding hydrogens is 244 g/mol. The highest BCUT2D eigenvalue weighted by Gasteiger charge is 2.20. The zero-order valence-corrected chi connectivity index (χ0v) is 11.0. The number of aliphatic carboxylic acids is 1. The second-order valence-corrected chi connectivity index (χ2v) is 4.74. The molecule has 1 amide bonds. The van der Waals surface area contributed by atoms with Gasteiger partial charge in [0.2, 0.25) is 5.91 Å². The molecule has 0 aliphatic carbocycles. The number of carboxylic acid groups (broad SMARTS) is 1. The number of hydrogen-bond donors (Lipinski definition) is 2. The maximum Gasteiger partial charge on any atom is 0.304 e. The lowest BCUT2D eigenvalue weighted by Crippen LogP contribution is -2.31. The average molecular weight is 262 g/mol. The Balaban J connectivity index is 1.97. The zero-order valence-electron chi connectivity index (χ0n) is 11.0. The summed E-state index contributed by atoms with van der Waals surface area (Å²) in [5.74, 6) is -0.641. The topological polar surface area (TPSA) is 69.6 Å². The van der Waals surface area contributed by atoms with Crippen LogP contribution in [0.1, 0.15) is 24.0 Å². The SMILES string of the molecule is CN1C(=O)CCc2cc(CNCCC(=O)O)ccc21. The Morgan fingerprint density at radius 2 is 2.21 bits per heavy atom. The minimum absolute atomic E-state index is 0.127. The molecule has 1 aromatic carbocycles. The summed E-state index contributed by atoms with van der Waals surface area (Å²) in [5, 5.41) is 11.6. The van der Waals surface area contributed by atoms with Crippen molar-refractivity contribution in [2.24, 2.45) is 0 Å². The van der Waals surface area contributed by atoms with E-state index in [2.05, 4.69) is 11.4 Å². The van der Waals surface area contributed by atoms with E-state index in [0.717, 1.165) is 17.7 Å². The highest BCUT2D eigenvalue weighted by atomic mass is 16.4. The van der Waals surface area contributed by atoms with E-state index in [9.17, 15) is 9.59 Å².